The van der Waals surface area contributed by atoms with E-state index in [0.717, 1.165) is 11.3 Å². The Balaban J connectivity index is 1.83. The van der Waals surface area contributed by atoms with Crippen molar-refractivity contribution in [3.63, 3.8) is 0 Å². The van der Waals surface area contributed by atoms with Crippen molar-refractivity contribution in [2.75, 3.05) is 20.2 Å². The zero-order chi connectivity index (χ0) is 17.4. The molecule has 0 spiro atoms. The molecule has 128 valence electrons. The summed E-state index contributed by atoms with van der Waals surface area (Å²) in [5, 5.41) is 0.224. The van der Waals surface area contributed by atoms with E-state index < -0.39 is 11.2 Å². The molecule has 1 aliphatic heterocycles. The fraction of sp³-hybridized carbons (Fsp3) is 0.357. The van der Waals surface area contributed by atoms with Gasteiger partial charge in [-0.25, -0.2) is 4.79 Å². The minimum absolute atomic E-state index is 0.110. The lowest BCUT2D eigenvalue weighted by Crippen LogP contribution is -2.29. The van der Waals surface area contributed by atoms with Gasteiger partial charge in [0.15, 0.2) is 5.75 Å². The van der Waals surface area contributed by atoms with E-state index in [1.54, 1.807) is 4.90 Å². The molecular weight excluding hydrogens is 377 g/mol. The summed E-state index contributed by atoms with van der Waals surface area (Å²) in [4.78, 5) is 42.2. The number of methoxy groups -OCH3 is 1. The molecule has 3 heterocycles. The Bertz CT molecular complexity index is 876. The predicted octanol–water partition coefficient (Wildman–Crippen LogP) is 2.07. The summed E-state index contributed by atoms with van der Waals surface area (Å²) in [6, 6.07) is 1.35. The average Bonchev–Trinajstić information content (AvgIpc) is 3.12. The molecule has 1 unspecified atom stereocenters. The molecule has 2 aromatic heterocycles. The van der Waals surface area contributed by atoms with Gasteiger partial charge < -0.3 is 14.6 Å². The van der Waals surface area contributed by atoms with Gasteiger partial charge in [0.25, 0.3) is 11.5 Å². The lowest BCUT2D eigenvalue weighted by atomic mass is 10.1. The van der Waals surface area contributed by atoms with Gasteiger partial charge >= 0.3 is 5.69 Å². The highest BCUT2D eigenvalue weighted by molar-refractivity contribution is 7.19. The molecule has 1 aliphatic rings. The van der Waals surface area contributed by atoms with E-state index in [1.807, 2.05) is 0 Å². The molecular formula is C14H13Cl2N3O4S. The Labute approximate surface area is 150 Å². The first-order valence-corrected chi connectivity index (χ1v) is 8.62. The second-order valence-electron chi connectivity index (χ2n) is 5.33. The molecule has 7 nitrogen and oxygen atoms in total. The summed E-state index contributed by atoms with van der Waals surface area (Å²) in [6.07, 6.45) is 0.639. The molecule has 0 bridgehead atoms. The van der Waals surface area contributed by atoms with Crippen LogP contribution in [0.25, 0.3) is 0 Å². The van der Waals surface area contributed by atoms with Gasteiger partial charge in [0, 0.05) is 30.8 Å². The molecule has 3 rings (SSSR count). The van der Waals surface area contributed by atoms with Crippen LogP contribution in [-0.4, -0.2) is 41.0 Å². The maximum atomic E-state index is 12.7. The first-order chi connectivity index (χ1) is 11.4. The van der Waals surface area contributed by atoms with E-state index in [0.29, 0.717) is 34.4 Å². The van der Waals surface area contributed by atoms with Crippen LogP contribution < -0.4 is 16.0 Å². The molecule has 1 fully saturated rings. The number of nitrogens with one attached hydrogen (secondary N) is 2. The molecule has 0 radical (unpaired) electrons. The highest BCUT2D eigenvalue weighted by atomic mass is 35.5. The molecule has 0 aliphatic carbocycles. The van der Waals surface area contributed by atoms with Crippen molar-refractivity contribution in [3.8, 4) is 5.75 Å². The van der Waals surface area contributed by atoms with Crippen molar-refractivity contribution in [1.82, 2.24) is 14.9 Å². The third-order valence-corrected chi connectivity index (χ3v) is 5.80. The smallest absolute Gasteiger partial charge is 0.325 e. The van der Waals surface area contributed by atoms with Gasteiger partial charge in [0.2, 0.25) is 0 Å². The van der Waals surface area contributed by atoms with Gasteiger partial charge in [-0.15, -0.1) is 11.3 Å². The number of ether oxygens (including phenoxy) is 1. The number of hydrogen-bond acceptors (Lipinski definition) is 5. The highest BCUT2D eigenvalue weighted by Crippen LogP contribution is 2.43. The van der Waals surface area contributed by atoms with Gasteiger partial charge in [0.05, 0.1) is 7.11 Å². The van der Waals surface area contributed by atoms with Crippen molar-refractivity contribution < 1.29 is 9.53 Å². The van der Waals surface area contributed by atoms with Crippen LogP contribution in [-0.2, 0) is 0 Å². The van der Waals surface area contributed by atoms with E-state index in [-0.39, 0.29) is 22.6 Å². The average molecular weight is 390 g/mol. The van der Waals surface area contributed by atoms with Crippen LogP contribution in [0.4, 0.5) is 0 Å². The maximum Gasteiger partial charge on any atom is 0.325 e. The molecule has 2 N–H and O–H groups in total. The molecule has 24 heavy (non-hydrogen) atoms. The summed E-state index contributed by atoms with van der Waals surface area (Å²) >= 11 is 13.1. The third kappa shape index (κ3) is 3.09. The van der Waals surface area contributed by atoms with Gasteiger partial charge in [-0.2, -0.15) is 0 Å². The van der Waals surface area contributed by atoms with Gasteiger partial charge in [-0.05, 0) is 6.42 Å². The molecule has 0 aromatic carbocycles. The van der Waals surface area contributed by atoms with Crippen LogP contribution in [0.15, 0.2) is 15.7 Å². The minimum Gasteiger partial charge on any atom is -0.493 e. The molecule has 10 heteroatoms. The molecule has 0 saturated carbocycles. The Morgan fingerprint density at radius 1 is 1.38 bits per heavy atom. The number of halogens is 2. The number of amides is 1. The fourth-order valence-corrected chi connectivity index (χ4v) is 4.26. The van der Waals surface area contributed by atoms with E-state index in [9.17, 15) is 14.4 Å². The number of carbonyl (C=O) groups is 1. The van der Waals surface area contributed by atoms with Crippen molar-refractivity contribution in [3.05, 3.63) is 46.8 Å². The number of nitrogens with zero attached hydrogens (tertiary/aromatic N) is 1. The summed E-state index contributed by atoms with van der Waals surface area (Å²) in [5.41, 5.74) is -0.494. The second-order valence-corrected chi connectivity index (χ2v) is 7.33. The lowest BCUT2D eigenvalue weighted by molar-refractivity contribution is 0.0792. The van der Waals surface area contributed by atoms with E-state index >= 15 is 0 Å². The van der Waals surface area contributed by atoms with Gasteiger partial charge in [-0.1, -0.05) is 23.2 Å². The van der Waals surface area contributed by atoms with Crippen LogP contribution in [0, 0.1) is 0 Å². The van der Waals surface area contributed by atoms with Crippen LogP contribution in [0.5, 0.6) is 5.75 Å². The van der Waals surface area contributed by atoms with Crippen LogP contribution in [0.2, 0.25) is 9.36 Å². The van der Waals surface area contributed by atoms with E-state index in [1.165, 1.54) is 13.2 Å². The monoisotopic (exact) mass is 389 g/mol. The van der Waals surface area contributed by atoms with Gasteiger partial charge in [-0.3, -0.25) is 14.6 Å². The topological polar surface area (TPSA) is 95.3 Å². The summed E-state index contributed by atoms with van der Waals surface area (Å²) < 4.78 is 5.47. The second kappa shape index (κ2) is 6.62. The Morgan fingerprint density at radius 2 is 2.12 bits per heavy atom. The van der Waals surface area contributed by atoms with Crippen molar-refractivity contribution in [2.45, 2.75) is 12.3 Å². The maximum absolute atomic E-state index is 12.7. The van der Waals surface area contributed by atoms with Crippen molar-refractivity contribution in [2.24, 2.45) is 0 Å². The number of aromatic amines is 2. The first kappa shape index (κ1) is 17.1. The van der Waals surface area contributed by atoms with Crippen molar-refractivity contribution in [1.29, 1.82) is 0 Å². The quantitative estimate of drug-likeness (QED) is 0.839. The normalized spacial score (nSPS) is 17.3. The summed E-state index contributed by atoms with van der Waals surface area (Å²) in [6.45, 7) is 0.878. The number of H-pyrrole nitrogens is 2. The van der Waals surface area contributed by atoms with Crippen LogP contribution in [0.3, 0.4) is 0 Å². The van der Waals surface area contributed by atoms with E-state index in [2.05, 4.69) is 9.97 Å². The third-order valence-electron chi connectivity index (χ3n) is 3.86. The molecule has 1 atom stereocenters. The number of likely N-dealkylation sites (tertiary alicyclic amines) is 1. The highest BCUT2D eigenvalue weighted by Gasteiger charge is 2.32. The SMILES string of the molecule is COc1c(C(=O)N2CCC(c3cc(=O)[nH]c(=O)[nH]3)C2)sc(Cl)c1Cl. The lowest BCUT2D eigenvalue weighted by Gasteiger charge is -2.16. The molecule has 1 amide bonds. The van der Waals surface area contributed by atoms with Crippen LogP contribution in [0.1, 0.15) is 27.7 Å². The first-order valence-electron chi connectivity index (χ1n) is 7.05. The van der Waals surface area contributed by atoms with E-state index in [4.69, 9.17) is 27.9 Å². The molecule has 2 aromatic rings. The van der Waals surface area contributed by atoms with Crippen LogP contribution >= 0.6 is 34.5 Å². The zero-order valence-electron chi connectivity index (χ0n) is 12.5. The minimum atomic E-state index is -0.555. The standard InChI is InChI=1S/C14H13Cl2N3O4S/c1-23-10-9(15)12(16)24-11(10)13(21)19-3-2-6(5-19)7-4-8(20)18-14(22)17-7/h4,6H,2-3,5H2,1H3,(H2,17,18,20,22). The van der Waals surface area contributed by atoms with Crippen molar-refractivity contribution >= 4 is 40.4 Å². The summed E-state index contributed by atoms with van der Waals surface area (Å²) in [5.74, 6) is -0.0779. The Hall–Kier alpha value is -1.77. The number of aromatic nitrogens is 2. The largest absolute Gasteiger partial charge is 0.493 e. The fourth-order valence-electron chi connectivity index (χ4n) is 2.74. The molecule has 1 saturated heterocycles. The van der Waals surface area contributed by atoms with Gasteiger partial charge in [0.1, 0.15) is 14.2 Å². The number of thiophene rings is 1. The Kier molecular flexibility index (Phi) is 4.71. The predicted molar refractivity (Wildman–Crippen MR) is 91.8 cm³/mol. The summed E-state index contributed by atoms with van der Waals surface area (Å²) in [7, 11) is 1.43. The number of hydrogen-bond donors (Lipinski definition) is 2. The number of carbonyl (C=O) groups excluding carboxylic acids is 1. The number of rotatable bonds is 3. The Morgan fingerprint density at radius 3 is 2.79 bits per heavy atom. The zero-order valence-corrected chi connectivity index (χ0v) is 14.8.